The summed E-state index contributed by atoms with van der Waals surface area (Å²) < 4.78 is 0. The number of benzene rings is 1. The van der Waals surface area contributed by atoms with Crippen molar-refractivity contribution in [2.75, 3.05) is 0 Å². The van der Waals surface area contributed by atoms with Crippen LogP contribution in [0.15, 0.2) is 24.3 Å². The molecule has 2 fully saturated rings. The van der Waals surface area contributed by atoms with Gasteiger partial charge >= 0.3 is 0 Å². The molecule has 1 aliphatic carbocycles. The molecule has 1 aromatic rings. The average Bonchev–Trinajstić information content (AvgIpc) is 3.21. The van der Waals surface area contributed by atoms with Crippen molar-refractivity contribution in [1.29, 1.82) is 0 Å². The van der Waals surface area contributed by atoms with Crippen molar-refractivity contribution in [2.45, 2.75) is 64.7 Å². The molecule has 1 aliphatic heterocycles. The van der Waals surface area contributed by atoms with Crippen LogP contribution in [0.5, 0.6) is 0 Å². The fourth-order valence-electron chi connectivity index (χ4n) is 3.27. The van der Waals surface area contributed by atoms with Crippen molar-refractivity contribution >= 4 is 5.91 Å². The maximum absolute atomic E-state index is 12.9. The Balaban J connectivity index is 1.93. The number of hydrogen-bond donors (Lipinski definition) is 1. The van der Waals surface area contributed by atoms with E-state index in [0.717, 1.165) is 19.3 Å². The highest BCUT2D eigenvalue weighted by molar-refractivity contribution is 5.92. The summed E-state index contributed by atoms with van der Waals surface area (Å²) in [5.41, 5.74) is 2.20. The van der Waals surface area contributed by atoms with E-state index in [1.165, 1.54) is 11.1 Å². The molecule has 2 aliphatic rings. The minimum atomic E-state index is -0.253. The van der Waals surface area contributed by atoms with Crippen molar-refractivity contribution in [1.82, 2.24) is 10.2 Å². The summed E-state index contributed by atoms with van der Waals surface area (Å²) in [4.78, 5) is 15.0. The number of rotatable bonds is 4. The van der Waals surface area contributed by atoms with Gasteiger partial charge in [-0.1, -0.05) is 50.1 Å². The molecule has 1 heterocycles. The largest absolute Gasteiger partial charge is 0.318 e. The summed E-state index contributed by atoms with van der Waals surface area (Å²) in [6, 6.07) is 8.83. The van der Waals surface area contributed by atoms with Gasteiger partial charge in [0.05, 0.1) is 0 Å². The van der Waals surface area contributed by atoms with E-state index in [1.54, 1.807) is 0 Å². The quantitative estimate of drug-likeness (QED) is 0.920. The molecule has 3 atom stereocenters. The molecule has 1 spiro atoms. The minimum absolute atomic E-state index is 0.0320. The third-order valence-corrected chi connectivity index (χ3v) is 5.38. The highest BCUT2D eigenvalue weighted by Gasteiger charge is 2.60. The van der Waals surface area contributed by atoms with E-state index in [9.17, 15) is 4.79 Å². The van der Waals surface area contributed by atoms with Crippen LogP contribution in [-0.2, 0) is 4.79 Å². The van der Waals surface area contributed by atoms with Crippen LogP contribution in [0.25, 0.3) is 0 Å². The first-order valence-electron chi connectivity index (χ1n) is 8.15. The maximum atomic E-state index is 12.9. The molecule has 1 saturated carbocycles. The van der Waals surface area contributed by atoms with Crippen molar-refractivity contribution in [3.63, 3.8) is 0 Å². The van der Waals surface area contributed by atoms with E-state index in [4.69, 9.17) is 0 Å². The van der Waals surface area contributed by atoms with Gasteiger partial charge < -0.3 is 4.90 Å². The van der Waals surface area contributed by atoms with Gasteiger partial charge in [0.1, 0.15) is 11.7 Å². The maximum Gasteiger partial charge on any atom is 0.244 e. The van der Waals surface area contributed by atoms with E-state index in [2.05, 4.69) is 62.2 Å². The van der Waals surface area contributed by atoms with Gasteiger partial charge in [0.25, 0.3) is 0 Å². The van der Waals surface area contributed by atoms with Crippen LogP contribution in [0.4, 0.5) is 0 Å². The van der Waals surface area contributed by atoms with Gasteiger partial charge in [-0.05, 0) is 38.2 Å². The first kappa shape index (κ1) is 14.6. The van der Waals surface area contributed by atoms with E-state index >= 15 is 0 Å². The fraction of sp³-hybridized carbons (Fsp3) is 0.611. The fourth-order valence-corrected chi connectivity index (χ4v) is 3.27. The Morgan fingerprint density at radius 1 is 1.29 bits per heavy atom. The second-order valence-electron chi connectivity index (χ2n) is 6.88. The van der Waals surface area contributed by atoms with E-state index in [0.29, 0.717) is 11.8 Å². The van der Waals surface area contributed by atoms with Gasteiger partial charge in [0.15, 0.2) is 0 Å². The molecule has 1 saturated heterocycles. The number of carbonyl (C=O) groups is 1. The van der Waals surface area contributed by atoms with Crippen molar-refractivity contribution in [2.24, 2.45) is 5.92 Å². The van der Waals surface area contributed by atoms with Crippen LogP contribution in [-0.4, -0.2) is 22.4 Å². The third-order valence-electron chi connectivity index (χ3n) is 5.38. The van der Waals surface area contributed by atoms with Gasteiger partial charge in [-0.25, -0.2) is 0 Å². The van der Waals surface area contributed by atoms with Crippen LogP contribution < -0.4 is 5.32 Å². The lowest BCUT2D eigenvalue weighted by Crippen LogP contribution is -2.42. The smallest absolute Gasteiger partial charge is 0.244 e. The molecule has 0 bridgehead atoms. The molecule has 114 valence electrons. The van der Waals surface area contributed by atoms with Crippen LogP contribution in [0.1, 0.15) is 57.3 Å². The molecular weight excluding hydrogens is 260 g/mol. The Morgan fingerprint density at radius 3 is 2.43 bits per heavy atom. The topological polar surface area (TPSA) is 32.3 Å². The average molecular weight is 286 g/mol. The first-order chi connectivity index (χ1) is 9.98. The zero-order chi connectivity index (χ0) is 15.2. The summed E-state index contributed by atoms with van der Waals surface area (Å²) in [6.07, 6.45) is 3.10. The number of nitrogens with zero attached hydrogens (tertiary/aromatic N) is 1. The summed E-state index contributed by atoms with van der Waals surface area (Å²) in [5, 5.41) is 3.61. The number of hydrogen-bond acceptors (Lipinski definition) is 2. The Morgan fingerprint density at radius 2 is 1.90 bits per heavy atom. The predicted octanol–water partition coefficient (Wildman–Crippen LogP) is 3.39. The molecule has 21 heavy (non-hydrogen) atoms. The summed E-state index contributed by atoms with van der Waals surface area (Å²) in [7, 11) is 0. The van der Waals surface area contributed by atoms with Crippen molar-refractivity contribution in [3.05, 3.63) is 35.4 Å². The van der Waals surface area contributed by atoms with Gasteiger partial charge in [0.2, 0.25) is 5.91 Å². The zero-order valence-corrected chi connectivity index (χ0v) is 13.5. The van der Waals surface area contributed by atoms with Crippen molar-refractivity contribution in [3.8, 4) is 0 Å². The number of carbonyl (C=O) groups excluding carboxylic acids is 1. The molecule has 1 N–H and O–H groups in total. The predicted molar refractivity (Wildman–Crippen MR) is 84.8 cm³/mol. The number of amides is 1. The van der Waals surface area contributed by atoms with Crippen LogP contribution in [0, 0.1) is 12.8 Å². The molecule has 3 nitrogen and oxygen atoms in total. The molecule has 1 aromatic carbocycles. The Bertz CT molecular complexity index is 533. The highest BCUT2D eigenvalue weighted by Crippen LogP contribution is 2.47. The van der Waals surface area contributed by atoms with Crippen LogP contribution >= 0.6 is 0 Å². The number of aryl methyl sites for hydroxylation is 1. The molecule has 0 aromatic heterocycles. The minimum Gasteiger partial charge on any atom is -0.318 e. The second kappa shape index (κ2) is 5.13. The lowest BCUT2D eigenvalue weighted by atomic mass is 9.98. The van der Waals surface area contributed by atoms with Crippen LogP contribution in [0.2, 0.25) is 0 Å². The zero-order valence-electron chi connectivity index (χ0n) is 13.5. The van der Waals surface area contributed by atoms with E-state index in [1.807, 2.05) is 0 Å². The Hall–Kier alpha value is -1.35. The lowest BCUT2D eigenvalue weighted by molar-refractivity contribution is -0.133. The summed E-state index contributed by atoms with van der Waals surface area (Å²) in [5.74, 6) is 0.818. The standard InChI is InChI=1S/C18H26N2O/c1-5-13(3)14(4)20-16(15-8-6-12(2)7-9-15)19-18(10-11-18)17(20)21/h6-9,13-14,16,19H,5,10-11H2,1-4H3. The van der Waals surface area contributed by atoms with Crippen molar-refractivity contribution < 1.29 is 4.79 Å². The first-order valence-corrected chi connectivity index (χ1v) is 8.15. The highest BCUT2D eigenvalue weighted by atomic mass is 16.2. The van der Waals surface area contributed by atoms with Gasteiger partial charge in [-0.15, -0.1) is 0 Å². The Labute approximate surface area is 127 Å². The molecule has 3 rings (SSSR count). The molecule has 3 heteroatoms. The number of nitrogens with one attached hydrogen (secondary N) is 1. The van der Waals surface area contributed by atoms with Gasteiger partial charge in [-0.2, -0.15) is 0 Å². The van der Waals surface area contributed by atoms with Gasteiger partial charge in [0, 0.05) is 6.04 Å². The summed E-state index contributed by atoms with van der Waals surface area (Å²) >= 11 is 0. The normalized spacial score (nSPS) is 26.2. The van der Waals surface area contributed by atoms with Gasteiger partial charge in [-0.3, -0.25) is 10.1 Å². The SMILES string of the molecule is CCC(C)C(C)N1C(=O)C2(CC2)NC1c1ccc(C)cc1. The monoisotopic (exact) mass is 286 g/mol. The van der Waals surface area contributed by atoms with Crippen LogP contribution in [0.3, 0.4) is 0 Å². The van der Waals surface area contributed by atoms with E-state index in [-0.39, 0.29) is 17.7 Å². The third kappa shape index (κ3) is 2.38. The molecular formula is C18H26N2O. The summed E-state index contributed by atoms with van der Waals surface area (Å²) in [6.45, 7) is 8.72. The lowest BCUT2D eigenvalue weighted by Gasteiger charge is -2.34. The Kier molecular flexibility index (Phi) is 3.56. The molecule has 1 amide bonds. The van der Waals surface area contributed by atoms with E-state index < -0.39 is 0 Å². The molecule has 3 unspecified atom stereocenters. The second-order valence-corrected chi connectivity index (χ2v) is 6.88. The molecule has 0 radical (unpaired) electrons.